The normalized spacial score (nSPS) is 26.8. The topological polar surface area (TPSA) is 36.0 Å². The first-order chi connectivity index (χ1) is 11.4. The number of benzene rings is 1. The van der Waals surface area contributed by atoms with E-state index in [1.54, 1.807) is 12.0 Å². The van der Waals surface area contributed by atoms with Gasteiger partial charge in [-0.2, -0.15) is 0 Å². The number of likely N-dealkylation sites (tertiary alicyclic amines) is 2. The Hall–Kier alpha value is -1.75. The molecule has 0 bridgehead atoms. The Balaban J connectivity index is 1.90. The maximum absolute atomic E-state index is 12.7. The summed E-state index contributed by atoms with van der Waals surface area (Å²) in [6.07, 6.45) is 0. The SMILES string of the molecule is COc1ccc([C@H]2[C@@H]3CN(C(C)C)C[C@@H]3CN2C(=O)N(C)C)cc1. The highest BCUT2D eigenvalue weighted by atomic mass is 16.5. The molecule has 2 fully saturated rings. The number of ether oxygens (including phenoxy) is 1. The van der Waals surface area contributed by atoms with Crippen LogP contribution < -0.4 is 4.74 Å². The van der Waals surface area contributed by atoms with Crippen molar-refractivity contribution in [3.63, 3.8) is 0 Å². The molecule has 24 heavy (non-hydrogen) atoms. The van der Waals surface area contributed by atoms with E-state index in [-0.39, 0.29) is 12.1 Å². The first-order valence-corrected chi connectivity index (χ1v) is 8.78. The van der Waals surface area contributed by atoms with Gasteiger partial charge >= 0.3 is 6.03 Å². The molecule has 1 aromatic carbocycles. The molecular weight excluding hydrogens is 302 g/mol. The second-order valence-electron chi connectivity index (χ2n) is 7.52. The molecule has 1 aromatic rings. The molecule has 5 nitrogen and oxygen atoms in total. The lowest BCUT2D eigenvalue weighted by Crippen LogP contribution is -2.42. The number of fused-ring (bicyclic) bond motifs is 1. The highest BCUT2D eigenvalue weighted by molar-refractivity contribution is 5.75. The molecule has 2 aliphatic rings. The molecule has 2 saturated heterocycles. The average Bonchev–Trinajstić information content (AvgIpc) is 3.11. The van der Waals surface area contributed by atoms with Crippen molar-refractivity contribution in [2.75, 3.05) is 40.8 Å². The van der Waals surface area contributed by atoms with Gasteiger partial charge < -0.3 is 19.4 Å². The number of carbonyl (C=O) groups excluding carboxylic acids is 1. The van der Waals surface area contributed by atoms with Gasteiger partial charge in [0.2, 0.25) is 0 Å². The highest BCUT2D eigenvalue weighted by Crippen LogP contribution is 2.45. The van der Waals surface area contributed by atoms with Gasteiger partial charge in [0.05, 0.1) is 13.2 Å². The third kappa shape index (κ3) is 2.97. The van der Waals surface area contributed by atoms with Crippen molar-refractivity contribution in [2.45, 2.75) is 25.9 Å². The minimum Gasteiger partial charge on any atom is -0.497 e. The minimum absolute atomic E-state index is 0.112. The molecular formula is C19H29N3O2. The predicted octanol–water partition coefficient (Wildman–Crippen LogP) is 2.69. The molecule has 132 valence electrons. The van der Waals surface area contributed by atoms with Gasteiger partial charge in [-0.25, -0.2) is 4.79 Å². The van der Waals surface area contributed by atoms with E-state index < -0.39 is 0 Å². The van der Waals surface area contributed by atoms with E-state index in [0.29, 0.717) is 17.9 Å². The minimum atomic E-state index is 0.112. The van der Waals surface area contributed by atoms with Crippen LogP contribution in [0.15, 0.2) is 24.3 Å². The summed E-state index contributed by atoms with van der Waals surface area (Å²) in [5.74, 6) is 1.92. The van der Waals surface area contributed by atoms with Crippen LogP contribution in [0.25, 0.3) is 0 Å². The first kappa shape index (κ1) is 17.1. The number of amides is 2. The lowest BCUT2D eigenvalue weighted by Gasteiger charge is -2.32. The van der Waals surface area contributed by atoms with Crippen LogP contribution in [-0.2, 0) is 0 Å². The summed E-state index contributed by atoms with van der Waals surface area (Å²) < 4.78 is 5.28. The number of hydrogen-bond donors (Lipinski definition) is 0. The summed E-state index contributed by atoms with van der Waals surface area (Å²) in [6.45, 7) is 7.52. The summed E-state index contributed by atoms with van der Waals surface area (Å²) in [5.41, 5.74) is 1.21. The number of carbonyl (C=O) groups is 1. The van der Waals surface area contributed by atoms with Gasteiger partial charge in [-0.1, -0.05) is 12.1 Å². The molecule has 5 heteroatoms. The monoisotopic (exact) mass is 331 g/mol. The number of nitrogens with zero attached hydrogens (tertiary/aromatic N) is 3. The zero-order valence-electron chi connectivity index (χ0n) is 15.4. The summed E-state index contributed by atoms with van der Waals surface area (Å²) in [6, 6.07) is 9.04. The van der Waals surface area contributed by atoms with Gasteiger partial charge in [0.25, 0.3) is 0 Å². The van der Waals surface area contributed by atoms with E-state index in [2.05, 4.69) is 35.8 Å². The van der Waals surface area contributed by atoms with E-state index in [9.17, 15) is 4.79 Å². The van der Waals surface area contributed by atoms with Crippen molar-refractivity contribution in [1.82, 2.24) is 14.7 Å². The van der Waals surface area contributed by atoms with Crippen molar-refractivity contribution in [2.24, 2.45) is 11.8 Å². The van der Waals surface area contributed by atoms with Crippen LogP contribution in [-0.4, -0.2) is 67.6 Å². The fraction of sp³-hybridized carbons (Fsp3) is 0.632. The zero-order chi connectivity index (χ0) is 17.4. The van der Waals surface area contributed by atoms with E-state index in [1.807, 2.05) is 26.2 Å². The molecule has 0 aromatic heterocycles. The second-order valence-corrected chi connectivity index (χ2v) is 7.52. The van der Waals surface area contributed by atoms with Gasteiger partial charge in [-0.15, -0.1) is 0 Å². The molecule has 3 rings (SSSR count). The quantitative estimate of drug-likeness (QED) is 0.854. The Labute approximate surface area is 145 Å². The van der Waals surface area contributed by atoms with Gasteiger partial charge in [0, 0.05) is 45.7 Å². The molecule has 0 aliphatic carbocycles. The van der Waals surface area contributed by atoms with Crippen molar-refractivity contribution < 1.29 is 9.53 Å². The van der Waals surface area contributed by atoms with Crippen LogP contribution >= 0.6 is 0 Å². The van der Waals surface area contributed by atoms with E-state index in [1.165, 1.54) is 5.56 Å². The molecule has 2 amide bonds. The maximum Gasteiger partial charge on any atom is 0.320 e. The Morgan fingerprint density at radius 3 is 2.38 bits per heavy atom. The smallest absolute Gasteiger partial charge is 0.320 e. The van der Waals surface area contributed by atoms with Gasteiger partial charge in [-0.05, 0) is 37.5 Å². The second kappa shape index (κ2) is 6.63. The summed E-state index contributed by atoms with van der Waals surface area (Å²) in [4.78, 5) is 19.0. The van der Waals surface area contributed by atoms with Crippen molar-refractivity contribution in [3.05, 3.63) is 29.8 Å². The van der Waals surface area contributed by atoms with Crippen LogP contribution in [0.4, 0.5) is 4.79 Å². The fourth-order valence-corrected chi connectivity index (χ4v) is 4.18. The zero-order valence-corrected chi connectivity index (χ0v) is 15.4. The van der Waals surface area contributed by atoms with Crippen LogP contribution in [0.3, 0.4) is 0 Å². The molecule has 0 radical (unpaired) electrons. The Kier molecular flexibility index (Phi) is 4.72. The Morgan fingerprint density at radius 1 is 1.17 bits per heavy atom. The molecule has 2 aliphatic heterocycles. The van der Waals surface area contributed by atoms with Gasteiger partial charge in [0.15, 0.2) is 0 Å². The van der Waals surface area contributed by atoms with Crippen molar-refractivity contribution >= 4 is 6.03 Å². The summed E-state index contributed by atoms with van der Waals surface area (Å²) >= 11 is 0. The van der Waals surface area contributed by atoms with Crippen LogP contribution in [0, 0.1) is 11.8 Å². The lowest BCUT2D eigenvalue weighted by molar-refractivity contribution is 0.148. The third-order valence-electron chi connectivity index (χ3n) is 5.51. The van der Waals surface area contributed by atoms with Crippen molar-refractivity contribution in [1.29, 1.82) is 0 Å². The number of rotatable bonds is 3. The molecule has 0 unspecified atom stereocenters. The Morgan fingerprint density at radius 2 is 1.83 bits per heavy atom. The fourth-order valence-electron chi connectivity index (χ4n) is 4.18. The number of hydrogen-bond acceptors (Lipinski definition) is 3. The summed E-state index contributed by atoms with van der Waals surface area (Å²) in [7, 11) is 5.35. The maximum atomic E-state index is 12.7. The molecule has 0 spiro atoms. The van der Waals surface area contributed by atoms with E-state index in [0.717, 1.165) is 25.4 Å². The van der Waals surface area contributed by atoms with Gasteiger partial charge in [-0.3, -0.25) is 0 Å². The third-order valence-corrected chi connectivity index (χ3v) is 5.51. The van der Waals surface area contributed by atoms with Gasteiger partial charge in [0.1, 0.15) is 5.75 Å². The standard InChI is InChI=1S/C19H29N3O2/c1-13(2)21-10-15-11-22(19(23)20(3)4)18(17(15)12-21)14-6-8-16(24-5)9-7-14/h6-9,13,15,17-18H,10-12H2,1-5H3/t15-,17-,18+/m1/s1. The highest BCUT2D eigenvalue weighted by Gasteiger charge is 2.49. The van der Waals surface area contributed by atoms with Crippen LogP contribution in [0.1, 0.15) is 25.5 Å². The molecule has 0 saturated carbocycles. The van der Waals surface area contributed by atoms with E-state index in [4.69, 9.17) is 4.74 Å². The predicted molar refractivity (Wildman–Crippen MR) is 95.2 cm³/mol. The van der Waals surface area contributed by atoms with Crippen LogP contribution in [0.2, 0.25) is 0 Å². The largest absolute Gasteiger partial charge is 0.497 e. The van der Waals surface area contributed by atoms with Crippen molar-refractivity contribution in [3.8, 4) is 5.75 Å². The summed E-state index contributed by atoms with van der Waals surface area (Å²) in [5, 5.41) is 0. The van der Waals surface area contributed by atoms with Crippen LogP contribution in [0.5, 0.6) is 5.75 Å². The number of methoxy groups -OCH3 is 1. The number of urea groups is 1. The average molecular weight is 331 g/mol. The van der Waals surface area contributed by atoms with E-state index >= 15 is 0 Å². The lowest BCUT2D eigenvalue weighted by atomic mass is 9.89. The molecule has 0 N–H and O–H groups in total. The molecule has 2 heterocycles. The molecule has 3 atom stereocenters. The first-order valence-electron chi connectivity index (χ1n) is 8.78. The Bertz CT molecular complexity index is 585.